The van der Waals surface area contributed by atoms with Gasteiger partial charge in [-0.05, 0) is 42.9 Å². The minimum atomic E-state index is -0.531. The number of carbonyl (C=O) groups excluding carboxylic acids is 2. The first-order chi connectivity index (χ1) is 13.1. The summed E-state index contributed by atoms with van der Waals surface area (Å²) in [5.41, 5.74) is 1.43. The van der Waals surface area contributed by atoms with Crippen molar-refractivity contribution in [3.63, 3.8) is 0 Å². The van der Waals surface area contributed by atoms with Crippen molar-refractivity contribution in [2.75, 3.05) is 18.0 Å². The number of hydrogen-bond donors (Lipinski definition) is 1. The van der Waals surface area contributed by atoms with Gasteiger partial charge in [0.05, 0.1) is 25.2 Å². The number of quaternary nitrogens is 1. The number of nitrogens with zero attached hydrogens (tertiary/aromatic N) is 1. The number of para-hydroxylation sites is 1. The van der Waals surface area contributed by atoms with Gasteiger partial charge in [0.25, 0.3) is 5.91 Å². The number of piperidine rings is 1. The number of imide groups is 1. The van der Waals surface area contributed by atoms with Crippen LogP contribution in [-0.2, 0) is 16.0 Å². The Morgan fingerprint density at radius 3 is 2.33 bits per heavy atom. The van der Waals surface area contributed by atoms with Gasteiger partial charge in [0, 0.05) is 0 Å². The largest absolute Gasteiger partial charge is 0.324 e. The van der Waals surface area contributed by atoms with Crippen LogP contribution in [0.4, 0.5) is 10.1 Å². The van der Waals surface area contributed by atoms with Crippen LogP contribution in [0.15, 0.2) is 54.6 Å². The molecule has 0 spiro atoms. The molecule has 0 aliphatic carbocycles. The third kappa shape index (κ3) is 3.65. The number of halogens is 1. The molecule has 2 heterocycles. The first-order valence-electron chi connectivity index (χ1n) is 9.63. The summed E-state index contributed by atoms with van der Waals surface area (Å²) in [4.78, 5) is 27.5. The molecule has 0 bridgehead atoms. The molecule has 2 aromatic rings. The molecule has 2 aromatic carbocycles. The van der Waals surface area contributed by atoms with Crippen LogP contribution in [0.25, 0.3) is 0 Å². The van der Waals surface area contributed by atoms with E-state index < -0.39 is 5.82 Å². The fourth-order valence-corrected chi connectivity index (χ4v) is 4.39. The summed E-state index contributed by atoms with van der Waals surface area (Å²) < 4.78 is 14.1. The molecule has 0 aromatic heterocycles. The highest BCUT2D eigenvalue weighted by molar-refractivity contribution is 6.21. The quantitative estimate of drug-likeness (QED) is 0.840. The van der Waals surface area contributed by atoms with Crippen molar-refractivity contribution in [3.8, 4) is 0 Å². The van der Waals surface area contributed by atoms with E-state index in [-0.39, 0.29) is 30.0 Å². The maximum absolute atomic E-state index is 14.1. The molecule has 1 N–H and O–H groups in total. The highest BCUT2D eigenvalue weighted by Crippen LogP contribution is 2.25. The van der Waals surface area contributed by atoms with Crippen molar-refractivity contribution in [2.45, 2.75) is 31.7 Å². The molecule has 1 atom stereocenters. The number of carbonyl (C=O) groups is 2. The Labute approximate surface area is 158 Å². The fourth-order valence-electron chi connectivity index (χ4n) is 4.39. The highest BCUT2D eigenvalue weighted by Gasteiger charge is 2.47. The van der Waals surface area contributed by atoms with E-state index in [0.29, 0.717) is 5.92 Å². The Bertz CT molecular complexity index is 831. The van der Waals surface area contributed by atoms with Gasteiger partial charge in [-0.15, -0.1) is 0 Å². The molecule has 4 rings (SSSR count). The van der Waals surface area contributed by atoms with Crippen LogP contribution in [0.5, 0.6) is 0 Å². The molecule has 2 aliphatic rings. The standard InChI is InChI=1S/C22H23FN2O2/c23-18-8-4-5-9-19(18)25-21(26)15-20(22(25)27)24-12-10-17(11-13-24)14-16-6-2-1-3-7-16/h1-9,17,20H,10-15H2/p+1/t20-/m1/s1. The molecule has 0 saturated carbocycles. The van der Waals surface area contributed by atoms with Gasteiger partial charge < -0.3 is 4.90 Å². The average Bonchev–Trinajstić information content (AvgIpc) is 2.98. The Kier molecular flexibility index (Phi) is 5.03. The molecule has 2 amide bonds. The number of nitrogens with one attached hydrogen (secondary N) is 1. The van der Waals surface area contributed by atoms with Gasteiger partial charge in [-0.2, -0.15) is 0 Å². The van der Waals surface area contributed by atoms with Crippen LogP contribution in [-0.4, -0.2) is 30.9 Å². The van der Waals surface area contributed by atoms with Crippen molar-refractivity contribution < 1.29 is 18.9 Å². The van der Waals surface area contributed by atoms with Crippen LogP contribution in [0.2, 0.25) is 0 Å². The van der Waals surface area contributed by atoms with E-state index in [9.17, 15) is 14.0 Å². The van der Waals surface area contributed by atoms with E-state index in [1.165, 1.54) is 17.7 Å². The minimum absolute atomic E-state index is 0.0772. The second-order valence-corrected chi connectivity index (χ2v) is 7.57. The number of rotatable bonds is 4. The van der Waals surface area contributed by atoms with Crippen LogP contribution in [0.3, 0.4) is 0 Å². The molecule has 2 fully saturated rings. The van der Waals surface area contributed by atoms with Gasteiger partial charge in [-0.1, -0.05) is 42.5 Å². The van der Waals surface area contributed by atoms with Gasteiger partial charge in [-0.25, -0.2) is 9.29 Å². The van der Waals surface area contributed by atoms with E-state index in [0.717, 1.165) is 42.2 Å². The highest BCUT2D eigenvalue weighted by atomic mass is 19.1. The molecule has 2 saturated heterocycles. The monoisotopic (exact) mass is 367 g/mol. The van der Waals surface area contributed by atoms with Crippen molar-refractivity contribution in [3.05, 3.63) is 66.0 Å². The minimum Gasteiger partial charge on any atom is -0.324 e. The third-order valence-electron chi connectivity index (χ3n) is 5.85. The zero-order chi connectivity index (χ0) is 18.8. The van der Waals surface area contributed by atoms with Gasteiger partial charge in [0.2, 0.25) is 5.91 Å². The number of benzene rings is 2. The SMILES string of the molecule is O=C1C[C@@H]([NH+]2CCC(Cc3ccccc3)CC2)C(=O)N1c1ccccc1F. The summed E-state index contributed by atoms with van der Waals surface area (Å²) in [6.07, 6.45) is 3.32. The number of amides is 2. The number of likely N-dealkylation sites (tertiary alicyclic amines) is 1. The zero-order valence-corrected chi connectivity index (χ0v) is 15.2. The Balaban J connectivity index is 1.40. The summed E-state index contributed by atoms with van der Waals surface area (Å²) in [6, 6.07) is 16.1. The molecule has 27 heavy (non-hydrogen) atoms. The summed E-state index contributed by atoms with van der Waals surface area (Å²) in [7, 11) is 0. The van der Waals surface area contributed by atoms with E-state index in [1.54, 1.807) is 12.1 Å². The van der Waals surface area contributed by atoms with Crippen LogP contribution in [0, 0.1) is 11.7 Å². The normalized spacial score (nSPS) is 25.8. The van der Waals surface area contributed by atoms with Crippen LogP contribution < -0.4 is 9.80 Å². The summed E-state index contributed by atoms with van der Waals surface area (Å²) in [5, 5.41) is 0. The van der Waals surface area contributed by atoms with Crippen molar-refractivity contribution in [1.82, 2.24) is 0 Å². The van der Waals surface area contributed by atoms with Crippen LogP contribution in [0.1, 0.15) is 24.8 Å². The second kappa shape index (κ2) is 7.61. The number of anilines is 1. The van der Waals surface area contributed by atoms with Gasteiger partial charge in [0.15, 0.2) is 6.04 Å². The Hall–Kier alpha value is -2.53. The maximum Gasteiger partial charge on any atom is 0.292 e. The first-order valence-corrected chi connectivity index (χ1v) is 9.63. The molecule has 5 heteroatoms. The Morgan fingerprint density at radius 2 is 1.63 bits per heavy atom. The smallest absolute Gasteiger partial charge is 0.292 e. The Morgan fingerprint density at radius 1 is 0.963 bits per heavy atom. The molecule has 0 unspecified atom stereocenters. The van der Waals surface area contributed by atoms with E-state index in [1.807, 2.05) is 6.07 Å². The first kappa shape index (κ1) is 17.9. The van der Waals surface area contributed by atoms with Crippen molar-refractivity contribution in [2.24, 2.45) is 5.92 Å². The summed E-state index contributed by atoms with van der Waals surface area (Å²) >= 11 is 0. The average molecular weight is 367 g/mol. The van der Waals surface area contributed by atoms with Gasteiger partial charge in [0.1, 0.15) is 5.82 Å². The molecule has 2 aliphatic heterocycles. The van der Waals surface area contributed by atoms with E-state index in [2.05, 4.69) is 24.3 Å². The lowest BCUT2D eigenvalue weighted by Gasteiger charge is -2.32. The van der Waals surface area contributed by atoms with Crippen molar-refractivity contribution >= 4 is 17.5 Å². The zero-order valence-electron chi connectivity index (χ0n) is 15.2. The lowest BCUT2D eigenvalue weighted by Crippen LogP contribution is -3.17. The third-order valence-corrected chi connectivity index (χ3v) is 5.85. The predicted molar refractivity (Wildman–Crippen MR) is 101 cm³/mol. The summed E-state index contributed by atoms with van der Waals surface area (Å²) in [6.45, 7) is 1.76. The van der Waals surface area contributed by atoms with Crippen LogP contribution >= 0.6 is 0 Å². The van der Waals surface area contributed by atoms with E-state index in [4.69, 9.17) is 0 Å². The predicted octanol–water partition coefficient (Wildman–Crippen LogP) is 2.00. The van der Waals surface area contributed by atoms with Crippen molar-refractivity contribution in [1.29, 1.82) is 0 Å². The van der Waals surface area contributed by atoms with E-state index >= 15 is 0 Å². The summed E-state index contributed by atoms with van der Waals surface area (Å²) in [5.74, 6) is -0.474. The molecular weight excluding hydrogens is 343 g/mol. The second-order valence-electron chi connectivity index (χ2n) is 7.57. The lowest BCUT2D eigenvalue weighted by atomic mass is 9.89. The topological polar surface area (TPSA) is 41.8 Å². The lowest BCUT2D eigenvalue weighted by molar-refractivity contribution is -0.920. The van der Waals surface area contributed by atoms with Gasteiger partial charge >= 0.3 is 0 Å². The fraction of sp³-hybridized carbons (Fsp3) is 0.364. The molecule has 4 nitrogen and oxygen atoms in total. The molecule has 0 radical (unpaired) electrons. The molecule has 140 valence electrons. The molecular formula is C22H24FN2O2+. The van der Waals surface area contributed by atoms with Gasteiger partial charge in [-0.3, -0.25) is 9.59 Å². The number of hydrogen-bond acceptors (Lipinski definition) is 2. The maximum atomic E-state index is 14.1.